The SMILES string of the molecule is C#CCNC(=O)Nc1ccc(Cl)c(C(=O)O)c1. The van der Waals surface area contributed by atoms with E-state index in [-0.39, 0.29) is 17.1 Å². The number of hydrogen-bond acceptors (Lipinski definition) is 2. The molecule has 0 fully saturated rings. The van der Waals surface area contributed by atoms with E-state index in [0.29, 0.717) is 5.69 Å². The van der Waals surface area contributed by atoms with Gasteiger partial charge in [0, 0.05) is 5.69 Å². The van der Waals surface area contributed by atoms with E-state index in [0.717, 1.165) is 0 Å². The van der Waals surface area contributed by atoms with Crippen LogP contribution in [0.1, 0.15) is 10.4 Å². The van der Waals surface area contributed by atoms with Gasteiger partial charge in [-0.15, -0.1) is 6.42 Å². The summed E-state index contributed by atoms with van der Waals surface area (Å²) >= 11 is 5.68. The van der Waals surface area contributed by atoms with Crippen molar-refractivity contribution < 1.29 is 14.7 Å². The molecule has 0 aromatic heterocycles. The Labute approximate surface area is 103 Å². The van der Waals surface area contributed by atoms with Gasteiger partial charge in [-0.2, -0.15) is 0 Å². The number of rotatable bonds is 3. The van der Waals surface area contributed by atoms with E-state index < -0.39 is 12.0 Å². The second-order valence-corrected chi connectivity index (χ2v) is 3.42. The highest BCUT2D eigenvalue weighted by atomic mass is 35.5. The van der Waals surface area contributed by atoms with Crippen molar-refractivity contribution in [2.75, 3.05) is 11.9 Å². The van der Waals surface area contributed by atoms with Gasteiger partial charge in [-0.1, -0.05) is 17.5 Å². The molecule has 0 aliphatic heterocycles. The average Bonchev–Trinajstić information content (AvgIpc) is 2.28. The lowest BCUT2D eigenvalue weighted by Crippen LogP contribution is -2.28. The highest BCUT2D eigenvalue weighted by molar-refractivity contribution is 6.33. The molecule has 1 aromatic carbocycles. The van der Waals surface area contributed by atoms with Gasteiger partial charge in [0.2, 0.25) is 0 Å². The van der Waals surface area contributed by atoms with Gasteiger partial charge in [0.15, 0.2) is 0 Å². The van der Waals surface area contributed by atoms with Gasteiger partial charge in [-0.3, -0.25) is 0 Å². The standard InChI is InChI=1S/C11H9ClN2O3/c1-2-5-13-11(17)14-7-3-4-9(12)8(6-7)10(15)16/h1,3-4,6H,5H2,(H,15,16)(H2,13,14,17). The maximum atomic E-state index is 11.2. The van der Waals surface area contributed by atoms with Crippen molar-refractivity contribution in [1.29, 1.82) is 0 Å². The van der Waals surface area contributed by atoms with Gasteiger partial charge in [0.1, 0.15) is 0 Å². The molecule has 0 aliphatic rings. The molecule has 2 amide bonds. The Morgan fingerprint density at radius 3 is 2.76 bits per heavy atom. The summed E-state index contributed by atoms with van der Waals surface area (Å²) in [7, 11) is 0. The van der Waals surface area contributed by atoms with Gasteiger partial charge in [0.25, 0.3) is 0 Å². The first-order chi connectivity index (χ1) is 8.04. The zero-order valence-corrected chi connectivity index (χ0v) is 9.41. The highest BCUT2D eigenvalue weighted by Gasteiger charge is 2.10. The third kappa shape index (κ3) is 3.70. The van der Waals surface area contributed by atoms with Crippen LogP contribution in [0.3, 0.4) is 0 Å². The molecular formula is C11H9ClN2O3. The first kappa shape index (κ1) is 12.9. The van der Waals surface area contributed by atoms with Crippen LogP contribution in [-0.2, 0) is 0 Å². The lowest BCUT2D eigenvalue weighted by Gasteiger charge is -2.07. The van der Waals surface area contributed by atoms with Crippen LogP contribution in [0.5, 0.6) is 0 Å². The number of halogens is 1. The Morgan fingerprint density at radius 2 is 2.18 bits per heavy atom. The third-order valence-electron chi connectivity index (χ3n) is 1.81. The van der Waals surface area contributed by atoms with Crippen molar-refractivity contribution >= 4 is 29.3 Å². The van der Waals surface area contributed by atoms with E-state index in [1.54, 1.807) is 0 Å². The maximum absolute atomic E-state index is 11.2. The molecule has 0 bridgehead atoms. The smallest absolute Gasteiger partial charge is 0.337 e. The van der Waals surface area contributed by atoms with Crippen LogP contribution in [0.15, 0.2) is 18.2 Å². The number of urea groups is 1. The van der Waals surface area contributed by atoms with Gasteiger partial charge in [0.05, 0.1) is 17.1 Å². The van der Waals surface area contributed by atoms with Crippen LogP contribution in [-0.4, -0.2) is 23.7 Å². The number of nitrogens with one attached hydrogen (secondary N) is 2. The Kier molecular flexibility index (Phi) is 4.37. The maximum Gasteiger partial charge on any atom is 0.337 e. The summed E-state index contributed by atoms with van der Waals surface area (Å²) in [6.45, 7) is 0.0885. The molecule has 17 heavy (non-hydrogen) atoms. The predicted molar refractivity (Wildman–Crippen MR) is 64.3 cm³/mol. The second kappa shape index (κ2) is 5.77. The van der Waals surface area contributed by atoms with Crippen LogP contribution in [0, 0.1) is 12.3 Å². The van der Waals surface area contributed by atoms with Gasteiger partial charge < -0.3 is 15.7 Å². The molecule has 0 aliphatic carbocycles. The summed E-state index contributed by atoms with van der Waals surface area (Å²) in [5, 5.41) is 13.7. The Hall–Kier alpha value is -2.19. The molecule has 0 spiro atoms. The summed E-state index contributed by atoms with van der Waals surface area (Å²) in [5.41, 5.74) is 0.239. The number of anilines is 1. The molecule has 0 radical (unpaired) electrons. The monoisotopic (exact) mass is 252 g/mol. The number of benzene rings is 1. The van der Waals surface area contributed by atoms with E-state index >= 15 is 0 Å². The van der Waals surface area contributed by atoms with E-state index in [9.17, 15) is 9.59 Å². The van der Waals surface area contributed by atoms with E-state index in [1.165, 1.54) is 18.2 Å². The van der Waals surface area contributed by atoms with Crippen molar-refractivity contribution in [1.82, 2.24) is 5.32 Å². The molecular weight excluding hydrogens is 244 g/mol. The highest BCUT2D eigenvalue weighted by Crippen LogP contribution is 2.20. The van der Waals surface area contributed by atoms with Crippen LogP contribution >= 0.6 is 11.6 Å². The number of amides is 2. The molecule has 0 unspecified atom stereocenters. The first-order valence-electron chi connectivity index (χ1n) is 4.55. The molecule has 88 valence electrons. The Bertz CT molecular complexity index is 494. The Morgan fingerprint density at radius 1 is 1.47 bits per heavy atom. The molecule has 6 heteroatoms. The Balaban J connectivity index is 2.80. The normalized spacial score (nSPS) is 9.18. The van der Waals surface area contributed by atoms with Crippen molar-refractivity contribution in [2.24, 2.45) is 0 Å². The molecule has 1 rings (SSSR count). The lowest BCUT2D eigenvalue weighted by molar-refractivity contribution is 0.0697. The van der Waals surface area contributed by atoms with E-state index in [4.69, 9.17) is 23.1 Å². The molecule has 5 nitrogen and oxygen atoms in total. The second-order valence-electron chi connectivity index (χ2n) is 3.01. The van der Waals surface area contributed by atoms with Gasteiger partial charge >= 0.3 is 12.0 Å². The van der Waals surface area contributed by atoms with Gasteiger partial charge in [-0.25, -0.2) is 9.59 Å². The minimum atomic E-state index is -1.16. The fourth-order valence-corrected chi connectivity index (χ4v) is 1.27. The molecule has 1 aromatic rings. The van der Waals surface area contributed by atoms with Crippen LogP contribution in [0.2, 0.25) is 5.02 Å². The molecule has 0 heterocycles. The summed E-state index contributed by atoms with van der Waals surface area (Å²) < 4.78 is 0. The van der Waals surface area contributed by atoms with Crippen LogP contribution < -0.4 is 10.6 Å². The van der Waals surface area contributed by atoms with Crippen LogP contribution in [0.4, 0.5) is 10.5 Å². The number of carbonyl (C=O) groups is 2. The lowest BCUT2D eigenvalue weighted by atomic mass is 10.2. The van der Waals surface area contributed by atoms with Gasteiger partial charge in [-0.05, 0) is 18.2 Å². The van der Waals surface area contributed by atoms with E-state index in [1.807, 2.05) is 0 Å². The van der Waals surface area contributed by atoms with Crippen LogP contribution in [0.25, 0.3) is 0 Å². The minimum Gasteiger partial charge on any atom is -0.478 e. The first-order valence-corrected chi connectivity index (χ1v) is 4.93. The molecule has 0 saturated carbocycles. The van der Waals surface area contributed by atoms with Crippen molar-refractivity contribution in [2.45, 2.75) is 0 Å². The zero-order chi connectivity index (χ0) is 12.8. The number of carboxylic acids is 1. The molecule has 0 saturated heterocycles. The minimum absolute atomic E-state index is 0.0820. The predicted octanol–water partition coefficient (Wildman–Crippen LogP) is 1.79. The summed E-state index contributed by atoms with van der Waals surface area (Å²) in [6.07, 6.45) is 4.97. The largest absolute Gasteiger partial charge is 0.478 e. The number of aromatic carboxylic acids is 1. The van der Waals surface area contributed by atoms with Crippen molar-refractivity contribution in [3.63, 3.8) is 0 Å². The molecule has 3 N–H and O–H groups in total. The summed E-state index contributed by atoms with van der Waals surface area (Å²) in [4.78, 5) is 22.0. The number of terminal acetylenes is 1. The summed E-state index contributed by atoms with van der Waals surface area (Å²) in [5.74, 6) is 1.07. The number of hydrogen-bond donors (Lipinski definition) is 3. The zero-order valence-electron chi connectivity index (χ0n) is 8.66. The fourth-order valence-electron chi connectivity index (χ4n) is 1.07. The van der Waals surface area contributed by atoms with E-state index in [2.05, 4.69) is 16.6 Å². The van der Waals surface area contributed by atoms with Crippen molar-refractivity contribution in [3.05, 3.63) is 28.8 Å². The fraction of sp³-hybridized carbons (Fsp3) is 0.0909. The summed E-state index contributed by atoms with van der Waals surface area (Å²) in [6, 6.07) is 3.63. The number of carbonyl (C=O) groups excluding carboxylic acids is 1. The molecule has 0 atom stereocenters. The van der Waals surface area contributed by atoms with Crippen molar-refractivity contribution in [3.8, 4) is 12.3 Å². The average molecular weight is 253 g/mol. The topological polar surface area (TPSA) is 78.4 Å². The number of carboxylic acid groups (broad SMARTS) is 1. The quantitative estimate of drug-likeness (QED) is 0.718. The third-order valence-corrected chi connectivity index (χ3v) is 2.14.